The Balaban J connectivity index is 2.23. The smallest absolute Gasteiger partial charge is 0.0770 e. The van der Waals surface area contributed by atoms with E-state index in [0.717, 1.165) is 18.4 Å². The van der Waals surface area contributed by atoms with Crippen LogP contribution in [-0.2, 0) is 0 Å². The molecule has 0 aliphatic carbocycles. The van der Waals surface area contributed by atoms with E-state index in [2.05, 4.69) is 10.3 Å². The van der Waals surface area contributed by atoms with Crippen LogP contribution in [-0.4, -0.2) is 16.0 Å². The Hall–Kier alpha value is -1.45. The molecule has 2 rings (SSSR count). The molecule has 0 spiro atoms. The number of hydrogen-bond donors (Lipinski definition) is 0. The first-order valence-corrected chi connectivity index (χ1v) is 4.84. The van der Waals surface area contributed by atoms with Crippen LogP contribution < -0.4 is 0 Å². The van der Waals surface area contributed by atoms with Crippen LogP contribution in [0, 0.1) is 4.91 Å². The average molecular weight is 191 g/mol. The summed E-state index contributed by atoms with van der Waals surface area (Å²) in [5, 5.41) is 4.72. The van der Waals surface area contributed by atoms with Gasteiger partial charge in [0.05, 0.1) is 11.3 Å². The molecule has 0 saturated carbocycles. The Morgan fingerprint density at radius 3 is 3.07 bits per heavy atom. The number of hydrogen-bond acceptors (Lipinski definition) is 3. The number of nitroso groups, excluding NO2 is 1. The van der Waals surface area contributed by atoms with E-state index in [-0.39, 0.29) is 12.1 Å². The van der Waals surface area contributed by atoms with Crippen molar-refractivity contribution < 1.29 is 0 Å². The van der Waals surface area contributed by atoms with E-state index >= 15 is 0 Å². The van der Waals surface area contributed by atoms with Crippen LogP contribution in [0.25, 0.3) is 0 Å². The fraction of sp³-hybridized carbons (Fsp3) is 0.500. The van der Waals surface area contributed by atoms with Crippen molar-refractivity contribution in [2.24, 2.45) is 5.29 Å². The number of nitrogens with zero attached hydrogens (tertiary/aromatic N) is 3. The molecule has 2 atom stereocenters. The standard InChI is InChI=1S/C10H13N3O/c1-8-4-5-10(13(8)12-14)9-3-2-6-11-7-9/h2-3,6-8,10H,4-5H2,1H3. The third-order valence-corrected chi connectivity index (χ3v) is 2.79. The third-order valence-electron chi connectivity index (χ3n) is 2.79. The SMILES string of the molecule is CC1CCC(c2cccnc2)N1N=O. The Labute approximate surface area is 82.9 Å². The van der Waals surface area contributed by atoms with Crippen LogP contribution in [0.3, 0.4) is 0 Å². The minimum Gasteiger partial charge on any atom is -0.264 e. The summed E-state index contributed by atoms with van der Waals surface area (Å²) < 4.78 is 0. The van der Waals surface area contributed by atoms with Crippen LogP contribution in [0.1, 0.15) is 31.4 Å². The molecule has 1 saturated heterocycles. The lowest BCUT2D eigenvalue weighted by molar-refractivity contribution is 0.210. The van der Waals surface area contributed by atoms with Gasteiger partial charge < -0.3 is 0 Å². The van der Waals surface area contributed by atoms with E-state index < -0.39 is 0 Å². The second-order valence-corrected chi connectivity index (χ2v) is 3.69. The van der Waals surface area contributed by atoms with Crippen LogP contribution in [0.5, 0.6) is 0 Å². The fourth-order valence-corrected chi connectivity index (χ4v) is 2.00. The van der Waals surface area contributed by atoms with Gasteiger partial charge in [0.15, 0.2) is 0 Å². The Kier molecular flexibility index (Phi) is 2.43. The van der Waals surface area contributed by atoms with Crippen molar-refractivity contribution in [2.75, 3.05) is 0 Å². The second-order valence-electron chi connectivity index (χ2n) is 3.69. The summed E-state index contributed by atoms with van der Waals surface area (Å²) in [7, 11) is 0. The monoisotopic (exact) mass is 191 g/mol. The summed E-state index contributed by atoms with van der Waals surface area (Å²) in [6, 6.07) is 4.25. The summed E-state index contributed by atoms with van der Waals surface area (Å²) >= 11 is 0. The maximum absolute atomic E-state index is 10.7. The Morgan fingerprint density at radius 1 is 1.57 bits per heavy atom. The molecule has 0 amide bonds. The van der Waals surface area contributed by atoms with Crippen molar-refractivity contribution >= 4 is 0 Å². The van der Waals surface area contributed by atoms with Crippen molar-refractivity contribution in [3.63, 3.8) is 0 Å². The zero-order valence-corrected chi connectivity index (χ0v) is 8.13. The van der Waals surface area contributed by atoms with Crippen molar-refractivity contribution in [1.29, 1.82) is 0 Å². The average Bonchev–Trinajstić information content (AvgIpc) is 2.61. The van der Waals surface area contributed by atoms with Crippen molar-refractivity contribution in [1.82, 2.24) is 9.99 Å². The van der Waals surface area contributed by atoms with Gasteiger partial charge in [-0.15, -0.1) is 4.91 Å². The largest absolute Gasteiger partial charge is 0.264 e. The Bertz CT molecular complexity index is 314. The van der Waals surface area contributed by atoms with Gasteiger partial charge in [0.1, 0.15) is 0 Å². The summed E-state index contributed by atoms with van der Waals surface area (Å²) in [6.07, 6.45) is 5.55. The van der Waals surface area contributed by atoms with E-state index in [9.17, 15) is 4.91 Å². The molecule has 0 bridgehead atoms. The van der Waals surface area contributed by atoms with Gasteiger partial charge in [-0.2, -0.15) is 0 Å². The normalized spacial score (nSPS) is 26.5. The van der Waals surface area contributed by atoms with Gasteiger partial charge in [-0.05, 0) is 31.4 Å². The van der Waals surface area contributed by atoms with E-state index in [1.807, 2.05) is 19.1 Å². The van der Waals surface area contributed by atoms with Crippen LogP contribution in [0.4, 0.5) is 0 Å². The van der Waals surface area contributed by atoms with Gasteiger partial charge in [-0.3, -0.25) is 9.99 Å². The molecule has 2 unspecified atom stereocenters. The van der Waals surface area contributed by atoms with E-state index in [0.29, 0.717) is 0 Å². The van der Waals surface area contributed by atoms with Crippen LogP contribution in [0.15, 0.2) is 29.8 Å². The maximum Gasteiger partial charge on any atom is 0.0770 e. The molecule has 4 nitrogen and oxygen atoms in total. The fourth-order valence-electron chi connectivity index (χ4n) is 2.00. The van der Waals surface area contributed by atoms with Crippen molar-refractivity contribution in [3.8, 4) is 0 Å². The zero-order valence-electron chi connectivity index (χ0n) is 8.13. The number of aromatic nitrogens is 1. The maximum atomic E-state index is 10.7. The van der Waals surface area contributed by atoms with E-state index in [4.69, 9.17) is 0 Å². The molecule has 1 aromatic heterocycles. The Morgan fingerprint density at radius 2 is 2.43 bits per heavy atom. The van der Waals surface area contributed by atoms with Gasteiger partial charge >= 0.3 is 0 Å². The van der Waals surface area contributed by atoms with E-state index in [1.165, 1.54) is 0 Å². The molecule has 2 heterocycles. The first-order chi connectivity index (χ1) is 6.83. The van der Waals surface area contributed by atoms with E-state index in [1.54, 1.807) is 17.4 Å². The molecule has 1 aromatic rings. The highest BCUT2D eigenvalue weighted by Crippen LogP contribution is 2.35. The molecule has 4 heteroatoms. The van der Waals surface area contributed by atoms with Gasteiger partial charge in [-0.25, -0.2) is 0 Å². The van der Waals surface area contributed by atoms with Crippen LogP contribution >= 0.6 is 0 Å². The summed E-state index contributed by atoms with van der Waals surface area (Å²) in [4.78, 5) is 14.7. The zero-order chi connectivity index (χ0) is 9.97. The lowest BCUT2D eigenvalue weighted by Crippen LogP contribution is -2.23. The summed E-state index contributed by atoms with van der Waals surface area (Å²) in [5.41, 5.74) is 1.08. The van der Waals surface area contributed by atoms with Gasteiger partial charge in [0.2, 0.25) is 0 Å². The molecule has 0 N–H and O–H groups in total. The summed E-state index contributed by atoms with van der Waals surface area (Å²) in [6.45, 7) is 2.03. The number of pyridine rings is 1. The number of rotatable bonds is 2. The predicted octanol–water partition coefficient (Wildman–Crippen LogP) is 2.29. The molecule has 0 radical (unpaired) electrons. The van der Waals surface area contributed by atoms with Gasteiger partial charge in [0.25, 0.3) is 0 Å². The first-order valence-electron chi connectivity index (χ1n) is 4.84. The lowest BCUT2D eigenvalue weighted by Gasteiger charge is -2.21. The molecule has 1 aliphatic heterocycles. The molecular formula is C10H13N3O. The highest BCUT2D eigenvalue weighted by molar-refractivity contribution is 5.15. The summed E-state index contributed by atoms with van der Waals surface area (Å²) in [5.74, 6) is 0. The quantitative estimate of drug-likeness (QED) is 0.674. The highest BCUT2D eigenvalue weighted by Gasteiger charge is 2.31. The molecule has 1 aliphatic rings. The predicted molar refractivity (Wildman–Crippen MR) is 53.3 cm³/mol. The van der Waals surface area contributed by atoms with Crippen molar-refractivity contribution in [3.05, 3.63) is 35.0 Å². The highest BCUT2D eigenvalue weighted by atomic mass is 16.3. The minimum absolute atomic E-state index is 0.121. The molecule has 14 heavy (non-hydrogen) atoms. The van der Waals surface area contributed by atoms with Crippen molar-refractivity contribution in [2.45, 2.75) is 31.8 Å². The topological polar surface area (TPSA) is 45.6 Å². The van der Waals surface area contributed by atoms with Crippen LogP contribution in [0.2, 0.25) is 0 Å². The van der Waals surface area contributed by atoms with Gasteiger partial charge in [0, 0.05) is 18.4 Å². The lowest BCUT2D eigenvalue weighted by atomic mass is 10.1. The van der Waals surface area contributed by atoms with Gasteiger partial charge in [-0.1, -0.05) is 6.07 Å². The first kappa shape index (κ1) is 9.12. The molecule has 0 aromatic carbocycles. The molecular weight excluding hydrogens is 178 g/mol. The minimum atomic E-state index is 0.121. The second kappa shape index (κ2) is 3.74. The third kappa shape index (κ3) is 1.47. The molecule has 1 fully saturated rings. The molecule has 74 valence electrons.